The molecule has 27 heavy (non-hydrogen) atoms. The Bertz CT molecular complexity index is 788. The molecule has 144 valence electrons. The second-order valence-corrected chi connectivity index (χ2v) is 6.86. The molecule has 0 radical (unpaired) electrons. The molecule has 1 aromatic carbocycles. The molecule has 0 bridgehead atoms. The third-order valence-electron chi connectivity index (χ3n) is 5.08. The van der Waals surface area contributed by atoms with Crippen LogP contribution in [0.1, 0.15) is 31.6 Å². The molecule has 7 heteroatoms. The number of ether oxygens (including phenoxy) is 2. The van der Waals surface area contributed by atoms with Gasteiger partial charge in [0, 0.05) is 19.4 Å². The fourth-order valence-electron chi connectivity index (χ4n) is 3.72. The number of carbonyl (C=O) groups is 1. The average Bonchev–Trinajstić information content (AvgIpc) is 3.39. The number of nitrogens with zero attached hydrogens (tertiary/aromatic N) is 2. The largest absolute Gasteiger partial charge is 0.441 e. The first-order valence-corrected chi connectivity index (χ1v) is 9.44. The lowest BCUT2D eigenvalue weighted by Crippen LogP contribution is -2.50. The Kier molecular flexibility index (Phi) is 5.50. The molecule has 0 saturated carbocycles. The van der Waals surface area contributed by atoms with Gasteiger partial charge in [-0.2, -0.15) is 0 Å². The maximum absolute atomic E-state index is 13.9. The van der Waals surface area contributed by atoms with Gasteiger partial charge in [0.1, 0.15) is 5.82 Å². The lowest BCUT2D eigenvalue weighted by atomic mass is 10.0. The van der Waals surface area contributed by atoms with E-state index in [4.69, 9.17) is 13.9 Å². The third kappa shape index (κ3) is 4.04. The minimum absolute atomic E-state index is 0.0210. The van der Waals surface area contributed by atoms with Crippen LogP contribution >= 0.6 is 0 Å². The minimum atomic E-state index is -0.357. The zero-order chi connectivity index (χ0) is 18.6. The summed E-state index contributed by atoms with van der Waals surface area (Å²) >= 11 is 0. The van der Waals surface area contributed by atoms with Crippen molar-refractivity contribution in [2.45, 2.75) is 44.4 Å². The zero-order valence-corrected chi connectivity index (χ0v) is 15.1. The van der Waals surface area contributed by atoms with Gasteiger partial charge in [0.15, 0.2) is 17.9 Å². The number of rotatable bonds is 5. The Morgan fingerprint density at radius 2 is 2.04 bits per heavy atom. The van der Waals surface area contributed by atoms with Crippen LogP contribution in [0.3, 0.4) is 0 Å². The normalized spacial score (nSPS) is 20.9. The molecular formula is C20H23FN2O4. The predicted octanol–water partition coefficient (Wildman–Crippen LogP) is 3.17. The number of hydrogen-bond acceptors (Lipinski definition) is 5. The van der Waals surface area contributed by atoms with E-state index in [1.807, 2.05) is 4.90 Å². The minimum Gasteiger partial charge on any atom is -0.441 e. The lowest BCUT2D eigenvalue weighted by molar-refractivity contribution is -0.150. The van der Waals surface area contributed by atoms with Gasteiger partial charge in [0.2, 0.25) is 5.91 Å². The summed E-state index contributed by atoms with van der Waals surface area (Å²) in [6.45, 7) is 1.88. The number of aryl methyl sites for hydroxylation is 1. The van der Waals surface area contributed by atoms with Crippen molar-refractivity contribution in [3.63, 3.8) is 0 Å². The van der Waals surface area contributed by atoms with Gasteiger partial charge in [0.25, 0.3) is 0 Å². The van der Waals surface area contributed by atoms with E-state index in [0.29, 0.717) is 43.3 Å². The van der Waals surface area contributed by atoms with Crippen LogP contribution in [0.5, 0.6) is 0 Å². The Morgan fingerprint density at radius 3 is 2.85 bits per heavy atom. The van der Waals surface area contributed by atoms with Gasteiger partial charge in [-0.15, -0.1) is 0 Å². The van der Waals surface area contributed by atoms with Crippen molar-refractivity contribution in [1.82, 2.24) is 9.88 Å². The summed E-state index contributed by atoms with van der Waals surface area (Å²) in [6, 6.07) is 6.37. The number of benzene rings is 1. The first-order valence-electron chi connectivity index (χ1n) is 9.44. The maximum atomic E-state index is 13.9. The summed E-state index contributed by atoms with van der Waals surface area (Å²) in [4.78, 5) is 18.8. The number of carbonyl (C=O) groups excluding carboxylic acids is 1. The van der Waals surface area contributed by atoms with E-state index in [2.05, 4.69) is 4.98 Å². The van der Waals surface area contributed by atoms with Crippen LogP contribution in [0.25, 0.3) is 11.3 Å². The maximum Gasteiger partial charge on any atom is 0.223 e. The van der Waals surface area contributed by atoms with Crippen LogP contribution in [0, 0.1) is 5.82 Å². The van der Waals surface area contributed by atoms with Crippen LogP contribution in [-0.4, -0.2) is 47.9 Å². The second-order valence-electron chi connectivity index (χ2n) is 6.86. The smallest absolute Gasteiger partial charge is 0.223 e. The molecule has 4 rings (SSSR count). The van der Waals surface area contributed by atoms with Crippen molar-refractivity contribution in [3.05, 3.63) is 42.2 Å². The lowest BCUT2D eigenvalue weighted by Gasteiger charge is -2.38. The van der Waals surface area contributed by atoms with Crippen molar-refractivity contribution < 1.29 is 23.1 Å². The molecule has 2 aliphatic heterocycles. The molecule has 1 aromatic heterocycles. The SMILES string of the molecule is O=C(CCc1ncc(-c2ccccc2F)o1)N1CCCCC1C1OCCO1. The third-order valence-corrected chi connectivity index (χ3v) is 5.08. The standard InChI is InChI=1S/C20H23FN2O4/c21-15-6-2-1-5-14(15)17-13-22-18(27-17)8-9-19(24)23-10-4-3-7-16(23)20-25-11-12-26-20/h1-2,5-6,13,16,20H,3-4,7-12H2. The highest BCUT2D eigenvalue weighted by Gasteiger charge is 2.36. The summed E-state index contributed by atoms with van der Waals surface area (Å²) in [7, 11) is 0. The van der Waals surface area contributed by atoms with Crippen molar-refractivity contribution in [2.75, 3.05) is 19.8 Å². The number of oxazole rings is 1. The highest BCUT2D eigenvalue weighted by molar-refractivity contribution is 5.76. The number of halogens is 1. The molecule has 2 aliphatic rings. The van der Waals surface area contributed by atoms with E-state index < -0.39 is 0 Å². The first-order chi connectivity index (χ1) is 13.2. The topological polar surface area (TPSA) is 64.8 Å². The van der Waals surface area contributed by atoms with Gasteiger partial charge < -0.3 is 18.8 Å². The predicted molar refractivity (Wildman–Crippen MR) is 95.3 cm³/mol. The fourth-order valence-corrected chi connectivity index (χ4v) is 3.72. The number of aromatic nitrogens is 1. The van der Waals surface area contributed by atoms with Crippen molar-refractivity contribution in [3.8, 4) is 11.3 Å². The molecule has 2 saturated heterocycles. The highest BCUT2D eigenvalue weighted by Crippen LogP contribution is 2.26. The van der Waals surface area contributed by atoms with Gasteiger partial charge >= 0.3 is 0 Å². The number of piperidine rings is 1. The van der Waals surface area contributed by atoms with Crippen molar-refractivity contribution in [1.29, 1.82) is 0 Å². The molecule has 1 atom stereocenters. The Hall–Kier alpha value is -2.25. The summed E-state index contributed by atoms with van der Waals surface area (Å²) in [6.07, 6.45) is 4.82. The molecule has 1 amide bonds. The number of amides is 1. The van der Waals surface area contributed by atoms with E-state index in [-0.39, 0.29) is 24.1 Å². The molecule has 0 N–H and O–H groups in total. The van der Waals surface area contributed by atoms with Crippen LogP contribution in [0.15, 0.2) is 34.9 Å². The number of likely N-dealkylation sites (tertiary alicyclic amines) is 1. The van der Waals surface area contributed by atoms with Crippen molar-refractivity contribution in [2.24, 2.45) is 0 Å². The van der Waals surface area contributed by atoms with Gasteiger partial charge in [0.05, 0.1) is 31.0 Å². The van der Waals surface area contributed by atoms with Gasteiger partial charge in [-0.1, -0.05) is 12.1 Å². The second kappa shape index (κ2) is 8.19. The molecule has 0 aliphatic carbocycles. The summed E-state index contributed by atoms with van der Waals surface area (Å²) < 4.78 is 30.7. The van der Waals surface area contributed by atoms with E-state index in [1.54, 1.807) is 18.2 Å². The van der Waals surface area contributed by atoms with E-state index in [9.17, 15) is 9.18 Å². The van der Waals surface area contributed by atoms with Crippen molar-refractivity contribution >= 4 is 5.91 Å². The summed E-state index contributed by atoms with van der Waals surface area (Å²) in [5, 5.41) is 0. The fraction of sp³-hybridized carbons (Fsp3) is 0.500. The van der Waals surface area contributed by atoms with Gasteiger partial charge in [-0.25, -0.2) is 9.37 Å². The molecule has 6 nitrogen and oxygen atoms in total. The van der Waals surface area contributed by atoms with Gasteiger partial charge in [-0.3, -0.25) is 4.79 Å². The zero-order valence-electron chi connectivity index (χ0n) is 15.1. The van der Waals surface area contributed by atoms with Crippen LogP contribution in [0.4, 0.5) is 4.39 Å². The molecular weight excluding hydrogens is 351 g/mol. The van der Waals surface area contributed by atoms with Gasteiger partial charge in [-0.05, 0) is 31.4 Å². The molecule has 1 unspecified atom stereocenters. The Morgan fingerprint density at radius 1 is 1.22 bits per heavy atom. The Labute approximate surface area is 157 Å². The van der Waals surface area contributed by atoms with Crippen LogP contribution in [-0.2, 0) is 20.7 Å². The van der Waals surface area contributed by atoms with Crippen LogP contribution in [0.2, 0.25) is 0 Å². The summed E-state index contributed by atoms with van der Waals surface area (Å²) in [5.74, 6) is 0.496. The quantitative estimate of drug-likeness (QED) is 0.804. The van der Waals surface area contributed by atoms with E-state index >= 15 is 0 Å². The monoisotopic (exact) mass is 374 g/mol. The molecule has 3 heterocycles. The molecule has 0 spiro atoms. The first kappa shape index (κ1) is 18.1. The summed E-state index contributed by atoms with van der Waals surface area (Å²) in [5.41, 5.74) is 0.370. The average molecular weight is 374 g/mol. The highest BCUT2D eigenvalue weighted by atomic mass is 19.1. The Balaban J connectivity index is 1.38. The molecule has 2 aromatic rings. The van der Waals surface area contributed by atoms with E-state index in [1.165, 1.54) is 12.3 Å². The van der Waals surface area contributed by atoms with Crippen LogP contribution < -0.4 is 0 Å². The van der Waals surface area contributed by atoms with E-state index in [0.717, 1.165) is 25.8 Å². The molecule has 2 fully saturated rings. The number of hydrogen-bond donors (Lipinski definition) is 0.